The van der Waals surface area contributed by atoms with E-state index < -0.39 is 0 Å². The first kappa shape index (κ1) is 19.7. The number of hydrogen-bond acceptors (Lipinski definition) is 5. The second-order valence-corrected chi connectivity index (χ2v) is 8.53. The van der Waals surface area contributed by atoms with Crippen molar-refractivity contribution in [2.45, 2.75) is 58.7 Å². The molecule has 2 aliphatic rings. The normalized spacial score (nSPS) is 20.5. The quantitative estimate of drug-likeness (QED) is 0.733. The standard InChI is InChI=1S/C19H32N4O2S/c1-4-23-17-6-5-15(20-7-10-25-14(2)3)13-16(17)18(21-23)19(24)22-8-11-26-12-9-22/h14-15,20H,4-13H2,1-3H3. The summed E-state index contributed by atoms with van der Waals surface area (Å²) in [5.74, 6) is 2.18. The Kier molecular flexibility index (Phi) is 7.00. The molecule has 146 valence electrons. The van der Waals surface area contributed by atoms with Gasteiger partial charge < -0.3 is 15.0 Å². The molecule has 0 spiro atoms. The van der Waals surface area contributed by atoms with Crippen LogP contribution in [-0.4, -0.2) is 70.5 Å². The number of ether oxygens (including phenoxy) is 1. The van der Waals surface area contributed by atoms with Gasteiger partial charge in [0.25, 0.3) is 5.91 Å². The van der Waals surface area contributed by atoms with Crippen LogP contribution in [0.2, 0.25) is 0 Å². The minimum Gasteiger partial charge on any atom is -0.377 e. The smallest absolute Gasteiger partial charge is 0.274 e. The van der Waals surface area contributed by atoms with E-state index in [9.17, 15) is 4.79 Å². The minimum absolute atomic E-state index is 0.123. The zero-order valence-corrected chi connectivity index (χ0v) is 17.1. The molecule has 0 aromatic carbocycles. The molecule has 7 heteroatoms. The van der Waals surface area contributed by atoms with E-state index in [1.807, 2.05) is 21.3 Å². The van der Waals surface area contributed by atoms with E-state index in [1.54, 1.807) is 0 Å². The summed E-state index contributed by atoms with van der Waals surface area (Å²) < 4.78 is 7.66. The molecule has 1 atom stereocenters. The second-order valence-electron chi connectivity index (χ2n) is 7.31. The molecule has 1 aromatic heterocycles. The Hall–Kier alpha value is -1.05. The largest absolute Gasteiger partial charge is 0.377 e. The molecular weight excluding hydrogens is 348 g/mol. The lowest BCUT2D eigenvalue weighted by molar-refractivity contribution is 0.0761. The molecule has 1 aliphatic carbocycles. The van der Waals surface area contributed by atoms with Crippen LogP contribution in [0.4, 0.5) is 0 Å². The molecule has 1 N–H and O–H groups in total. The van der Waals surface area contributed by atoms with Crippen molar-refractivity contribution in [3.8, 4) is 0 Å². The molecule has 1 fully saturated rings. The van der Waals surface area contributed by atoms with E-state index in [1.165, 1.54) is 11.3 Å². The Morgan fingerprint density at radius 3 is 2.85 bits per heavy atom. The van der Waals surface area contributed by atoms with Gasteiger partial charge in [-0.25, -0.2) is 0 Å². The molecular formula is C19H32N4O2S. The molecule has 0 saturated carbocycles. The predicted molar refractivity (Wildman–Crippen MR) is 106 cm³/mol. The number of thioether (sulfide) groups is 1. The third-order valence-electron chi connectivity index (χ3n) is 5.13. The van der Waals surface area contributed by atoms with E-state index in [-0.39, 0.29) is 12.0 Å². The number of rotatable bonds is 7. The maximum absolute atomic E-state index is 13.0. The highest BCUT2D eigenvalue weighted by Crippen LogP contribution is 2.26. The number of nitrogens with one attached hydrogen (secondary N) is 1. The lowest BCUT2D eigenvalue weighted by Crippen LogP contribution is -2.40. The first-order chi connectivity index (χ1) is 12.6. The lowest BCUT2D eigenvalue weighted by atomic mass is 9.91. The van der Waals surface area contributed by atoms with Gasteiger partial charge in [0.2, 0.25) is 0 Å². The Morgan fingerprint density at radius 1 is 1.38 bits per heavy atom. The van der Waals surface area contributed by atoms with E-state index in [2.05, 4.69) is 26.1 Å². The number of carbonyl (C=O) groups is 1. The van der Waals surface area contributed by atoms with Crippen molar-refractivity contribution < 1.29 is 9.53 Å². The fourth-order valence-corrected chi connectivity index (χ4v) is 4.67. The molecule has 2 heterocycles. The SMILES string of the molecule is CCn1nc(C(=O)N2CCSCC2)c2c1CCC(NCCOC(C)C)C2. The van der Waals surface area contributed by atoms with Crippen LogP contribution in [0.25, 0.3) is 0 Å². The van der Waals surface area contributed by atoms with Gasteiger partial charge in [0.05, 0.1) is 12.7 Å². The second kappa shape index (κ2) is 9.24. The summed E-state index contributed by atoms with van der Waals surface area (Å²) in [6.45, 7) is 10.3. The summed E-state index contributed by atoms with van der Waals surface area (Å²) in [6, 6.07) is 0.399. The van der Waals surface area contributed by atoms with Crippen LogP contribution >= 0.6 is 11.8 Å². The molecule has 1 unspecified atom stereocenters. The van der Waals surface area contributed by atoms with Crippen LogP contribution in [0.3, 0.4) is 0 Å². The topological polar surface area (TPSA) is 59.4 Å². The number of aryl methyl sites for hydroxylation is 1. The monoisotopic (exact) mass is 380 g/mol. The molecule has 1 aliphatic heterocycles. The first-order valence-electron chi connectivity index (χ1n) is 9.90. The average Bonchev–Trinajstić information content (AvgIpc) is 3.03. The summed E-state index contributed by atoms with van der Waals surface area (Å²) >= 11 is 1.92. The number of hydrogen-bond donors (Lipinski definition) is 1. The third-order valence-corrected chi connectivity index (χ3v) is 6.08. The van der Waals surface area contributed by atoms with E-state index in [4.69, 9.17) is 9.84 Å². The van der Waals surface area contributed by atoms with E-state index in [0.717, 1.165) is 63.6 Å². The van der Waals surface area contributed by atoms with Gasteiger partial charge in [0.1, 0.15) is 0 Å². The van der Waals surface area contributed by atoms with Crippen LogP contribution in [0.15, 0.2) is 0 Å². The Labute approximate surface area is 161 Å². The van der Waals surface area contributed by atoms with Gasteiger partial charge in [0.15, 0.2) is 5.69 Å². The van der Waals surface area contributed by atoms with Gasteiger partial charge in [-0.15, -0.1) is 0 Å². The molecule has 1 saturated heterocycles. The average molecular weight is 381 g/mol. The van der Waals surface area contributed by atoms with Gasteiger partial charge >= 0.3 is 0 Å². The highest BCUT2D eigenvalue weighted by molar-refractivity contribution is 7.99. The van der Waals surface area contributed by atoms with Crippen LogP contribution in [-0.2, 0) is 24.1 Å². The van der Waals surface area contributed by atoms with Crippen molar-refractivity contribution in [3.05, 3.63) is 17.0 Å². The van der Waals surface area contributed by atoms with E-state index in [0.29, 0.717) is 11.7 Å². The minimum atomic E-state index is 0.123. The Balaban J connectivity index is 1.69. The van der Waals surface area contributed by atoms with Gasteiger partial charge in [-0.1, -0.05) is 0 Å². The molecule has 0 bridgehead atoms. The molecule has 1 amide bonds. The van der Waals surface area contributed by atoms with Crippen LogP contribution in [0.5, 0.6) is 0 Å². The Morgan fingerprint density at radius 2 is 2.15 bits per heavy atom. The van der Waals surface area contributed by atoms with Crippen molar-refractivity contribution >= 4 is 17.7 Å². The van der Waals surface area contributed by atoms with E-state index >= 15 is 0 Å². The summed E-state index contributed by atoms with van der Waals surface area (Å²) in [6.07, 6.45) is 3.24. The highest BCUT2D eigenvalue weighted by atomic mass is 32.2. The maximum Gasteiger partial charge on any atom is 0.274 e. The van der Waals surface area contributed by atoms with Crippen LogP contribution in [0.1, 0.15) is 48.9 Å². The van der Waals surface area contributed by atoms with Crippen molar-refractivity contribution in [2.24, 2.45) is 0 Å². The first-order valence-corrected chi connectivity index (χ1v) is 11.1. The lowest BCUT2D eigenvalue weighted by Gasteiger charge is -2.27. The van der Waals surface area contributed by atoms with Gasteiger partial charge in [-0.05, 0) is 40.0 Å². The molecule has 6 nitrogen and oxygen atoms in total. The van der Waals surface area contributed by atoms with Gasteiger partial charge in [-0.2, -0.15) is 16.9 Å². The maximum atomic E-state index is 13.0. The van der Waals surface area contributed by atoms with Crippen molar-refractivity contribution in [3.63, 3.8) is 0 Å². The zero-order valence-electron chi connectivity index (χ0n) is 16.3. The van der Waals surface area contributed by atoms with Gasteiger partial charge in [0, 0.05) is 55.0 Å². The number of aromatic nitrogens is 2. The van der Waals surface area contributed by atoms with Gasteiger partial charge in [-0.3, -0.25) is 9.48 Å². The summed E-state index contributed by atoms with van der Waals surface area (Å²) in [4.78, 5) is 15.0. The molecule has 0 radical (unpaired) electrons. The summed E-state index contributed by atoms with van der Waals surface area (Å²) in [5, 5.41) is 8.31. The fourth-order valence-electron chi connectivity index (χ4n) is 3.77. The molecule has 3 rings (SSSR count). The Bertz CT molecular complexity index is 611. The molecule has 26 heavy (non-hydrogen) atoms. The fraction of sp³-hybridized carbons (Fsp3) is 0.789. The van der Waals surface area contributed by atoms with Crippen LogP contribution in [0, 0.1) is 0 Å². The molecule has 1 aromatic rings. The summed E-state index contributed by atoms with van der Waals surface area (Å²) in [7, 11) is 0. The zero-order chi connectivity index (χ0) is 18.5. The highest BCUT2D eigenvalue weighted by Gasteiger charge is 2.31. The predicted octanol–water partition coefficient (Wildman–Crippen LogP) is 1.96. The number of carbonyl (C=O) groups excluding carboxylic acids is 1. The number of fused-ring (bicyclic) bond motifs is 1. The van der Waals surface area contributed by atoms with Crippen molar-refractivity contribution in [1.82, 2.24) is 20.0 Å². The third kappa shape index (κ3) is 4.61. The van der Waals surface area contributed by atoms with Crippen LogP contribution < -0.4 is 5.32 Å². The summed E-state index contributed by atoms with van der Waals surface area (Å²) in [5.41, 5.74) is 3.13. The number of amides is 1. The van der Waals surface area contributed by atoms with Crippen molar-refractivity contribution in [1.29, 1.82) is 0 Å². The van der Waals surface area contributed by atoms with Crippen molar-refractivity contribution in [2.75, 3.05) is 37.7 Å². The number of nitrogens with zero attached hydrogens (tertiary/aromatic N) is 3.